The molecule has 0 N–H and O–H groups in total. The molecule has 2 aromatic heterocycles. The minimum absolute atomic E-state index is 0.0531. The van der Waals surface area contributed by atoms with E-state index in [9.17, 15) is 10.1 Å². The topological polar surface area (TPSA) is 82.6 Å². The zero-order chi connectivity index (χ0) is 14.1. The first kappa shape index (κ1) is 12.1. The Labute approximate surface area is 113 Å². The van der Waals surface area contributed by atoms with Crippen molar-refractivity contribution in [3.05, 3.63) is 52.7 Å². The SMILES string of the molecule is COc1ccc2nc(-c3ccc([N+](=O)[O-])cc3)cn2n1. The van der Waals surface area contributed by atoms with Crippen LogP contribution in [0.5, 0.6) is 5.88 Å². The Balaban J connectivity index is 2.03. The first-order chi connectivity index (χ1) is 9.67. The number of non-ortho nitro benzene ring substituents is 1. The van der Waals surface area contributed by atoms with Gasteiger partial charge >= 0.3 is 0 Å². The number of nitro groups is 1. The summed E-state index contributed by atoms with van der Waals surface area (Å²) in [6, 6.07) is 9.75. The van der Waals surface area contributed by atoms with Crippen molar-refractivity contribution < 1.29 is 9.66 Å². The van der Waals surface area contributed by atoms with Gasteiger partial charge in [0.25, 0.3) is 5.69 Å². The number of benzene rings is 1. The van der Waals surface area contributed by atoms with Crippen LogP contribution in [0.15, 0.2) is 42.6 Å². The van der Waals surface area contributed by atoms with Crippen LogP contribution in [0.3, 0.4) is 0 Å². The summed E-state index contributed by atoms with van der Waals surface area (Å²) in [6.07, 6.45) is 1.75. The second-order valence-electron chi connectivity index (χ2n) is 4.11. The molecule has 0 saturated carbocycles. The molecule has 1 aromatic carbocycles. The molecule has 0 aliphatic carbocycles. The van der Waals surface area contributed by atoms with E-state index in [0.29, 0.717) is 17.2 Å². The third kappa shape index (κ3) is 2.05. The largest absolute Gasteiger partial charge is 0.480 e. The fourth-order valence-corrected chi connectivity index (χ4v) is 1.87. The molecular weight excluding hydrogens is 260 g/mol. The molecule has 0 aliphatic rings. The lowest BCUT2D eigenvalue weighted by atomic mass is 10.1. The first-order valence-corrected chi connectivity index (χ1v) is 5.82. The number of ether oxygens (including phenoxy) is 1. The molecule has 3 aromatic rings. The predicted molar refractivity (Wildman–Crippen MR) is 71.6 cm³/mol. The molecule has 0 amide bonds. The Morgan fingerprint density at radius 1 is 1.20 bits per heavy atom. The van der Waals surface area contributed by atoms with E-state index in [1.807, 2.05) is 0 Å². The monoisotopic (exact) mass is 270 g/mol. The number of rotatable bonds is 3. The van der Waals surface area contributed by atoms with Gasteiger partial charge < -0.3 is 4.74 Å². The number of imidazole rings is 1. The highest BCUT2D eigenvalue weighted by atomic mass is 16.6. The van der Waals surface area contributed by atoms with Gasteiger partial charge in [0.15, 0.2) is 5.65 Å². The van der Waals surface area contributed by atoms with Crippen LogP contribution in [0.25, 0.3) is 16.9 Å². The number of hydrogen-bond acceptors (Lipinski definition) is 5. The highest BCUT2D eigenvalue weighted by molar-refractivity contribution is 5.63. The van der Waals surface area contributed by atoms with E-state index in [-0.39, 0.29) is 5.69 Å². The van der Waals surface area contributed by atoms with Gasteiger partial charge in [-0.05, 0) is 18.2 Å². The highest BCUT2D eigenvalue weighted by Crippen LogP contribution is 2.22. The van der Waals surface area contributed by atoms with E-state index in [0.717, 1.165) is 5.56 Å². The summed E-state index contributed by atoms with van der Waals surface area (Å²) < 4.78 is 6.65. The van der Waals surface area contributed by atoms with Crippen LogP contribution in [0.2, 0.25) is 0 Å². The van der Waals surface area contributed by atoms with Gasteiger partial charge in [-0.3, -0.25) is 10.1 Å². The molecule has 7 nitrogen and oxygen atoms in total. The molecule has 0 unspecified atom stereocenters. The van der Waals surface area contributed by atoms with Crippen molar-refractivity contribution in [2.75, 3.05) is 7.11 Å². The smallest absolute Gasteiger partial charge is 0.269 e. The van der Waals surface area contributed by atoms with Gasteiger partial charge in [0.1, 0.15) is 0 Å². The van der Waals surface area contributed by atoms with Crippen molar-refractivity contribution in [1.29, 1.82) is 0 Å². The lowest BCUT2D eigenvalue weighted by molar-refractivity contribution is -0.384. The minimum atomic E-state index is -0.431. The average Bonchev–Trinajstić information content (AvgIpc) is 2.90. The summed E-state index contributed by atoms with van der Waals surface area (Å²) in [5.41, 5.74) is 2.22. The van der Waals surface area contributed by atoms with Gasteiger partial charge in [-0.2, -0.15) is 0 Å². The number of nitro benzene ring substituents is 1. The number of nitrogens with zero attached hydrogens (tertiary/aromatic N) is 4. The van der Waals surface area contributed by atoms with Crippen molar-refractivity contribution in [3.63, 3.8) is 0 Å². The van der Waals surface area contributed by atoms with Crippen LogP contribution in [-0.2, 0) is 0 Å². The molecule has 0 bridgehead atoms. The maximum Gasteiger partial charge on any atom is 0.269 e. The van der Waals surface area contributed by atoms with Crippen molar-refractivity contribution in [2.45, 2.75) is 0 Å². The van der Waals surface area contributed by atoms with Crippen LogP contribution in [0, 0.1) is 10.1 Å². The molecule has 0 spiro atoms. The molecule has 0 fully saturated rings. The summed E-state index contributed by atoms with van der Waals surface area (Å²) in [4.78, 5) is 14.6. The van der Waals surface area contributed by atoms with Crippen molar-refractivity contribution in [3.8, 4) is 17.1 Å². The maximum atomic E-state index is 10.6. The van der Waals surface area contributed by atoms with E-state index in [2.05, 4.69) is 10.1 Å². The van der Waals surface area contributed by atoms with Crippen LogP contribution in [0.4, 0.5) is 5.69 Å². The predicted octanol–water partition coefficient (Wildman–Crippen LogP) is 2.31. The van der Waals surface area contributed by atoms with Crippen LogP contribution < -0.4 is 4.74 Å². The number of fused-ring (bicyclic) bond motifs is 1. The molecule has 7 heteroatoms. The fraction of sp³-hybridized carbons (Fsp3) is 0.0769. The Hall–Kier alpha value is -2.96. The fourth-order valence-electron chi connectivity index (χ4n) is 1.87. The second-order valence-corrected chi connectivity index (χ2v) is 4.11. The molecule has 3 rings (SSSR count). The van der Waals surface area contributed by atoms with E-state index in [4.69, 9.17) is 4.74 Å². The molecule has 0 atom stereocenters. The van der Waals surface area contributed by atoms with Crippen molar-refractivity contribution in [2.24, 2.45) is 0 Å². The average molecular weight is 270 g/mol. The van der Waals surface area contributed by atoms with Crippen LogP contribution in [-0.4, -0.2) is 26.6 Å². The lowest BCUT2D eigenvalue weighted by Crippen LogP contribution is -1.93. The molecule has 100 valence electrons. The van der Waals surface area contributed by atoms with Crippen molar-refractivity contribution in [1.82, 2.24) is 14.6 Å². The summed E-state index contributed by atoms with van der Waals surface area (Å²) in [7, 11) is 1.54. The quantitative estimate of drug-likeness (QED) is 0.538. The third-order valence-corrected chi connectivity index (χ3v) is 2.88. The van der Waals surface area contributed by atoms with Crippen molar-refractivity contribution >= 4 is 11.3 Å². The first-order valence-electron chi connectivity index (χ1n) is 5.82. The number of hydrogen-bond donors (Lipinski definition) is 0. The Morgan fingerprint density at radius 2 is 1.95 bits per heavy atom. The normalized spacial score (nSPS) is 10.7. The highest BCUT2D eigenvalue weighted by Gasteiger charge is 2.09. The zero-order valence-corrected chi connectivity index (χ0v) is 10.6. The summed E-state index contributed by atoms with van der Waals surface area (Å²) in [5.74, 6) is 0.491. The molecular formula is C13H10N4O3. The van der Waals surface area contributed by atoms with Crippen LogP contribution in [0.1, 0.15) is 0 Å². The van der Waals surface area contributed by atoms with Gasteiger partial charge in [-0.25, -0.2) is 9.50 Å². The van der Waals surface area contributed by atoms with Crippen LogP contribution >= 0.6 is 0 Å². The molecule has 20 heavy (non-hydrogen) atoms. The lowest BCUT2D eigenvalue weighted by Gasteiger charge is -1.97. The second kappa shape index (κ2) is 4.61. The zero-order valence-electron chi connectivity index (χ0n) is 10.6. The van der Waals surface area contributed by atoms with Gasteiger partial charge in [0, 0.05) is 23.8 Å². The number of methoxy groups -OCH3 is 1. The number of aromatic nitrogens is 3. The molecule has 0 saturated heterocycles. The van der Waals surface area contributed by atoms with Gasteiger partial charge in [-0.1, -0.05) is 0 Å². The van der Waals surface area contributed by atoms with E-state index < -0.39 is 4.92 Å². The summed E-state index contributed by atoms with van der Waals surface area (Å²) in [5, 5.41) is 14.8. The van der Waals surface area contributed by atoms with Gasteiger partial charge in [0.05, 0.1) is 23.9 Å². The molecule has 0 aliphatic heterocycles. The van der Waals surface area contributed by atoms with E-state index >= 15 is 0 Å². The van der Waals surface area contributed by atoms with E-state index in [1.54, 1.807) is 42.1 Å². The summed E-state index contributed by atoms with van der Waals surface area (Å²) >= 11 is 0. The Morgan fingerprint density at radius 3 is 2.60 bits per heavy atom. The van der Waals surface area contributed by atoms with E-state index in [1.165, 1.54) is 12.1 Å². The Bertz CT molecular complexity index is 780. The Kier molecular flexibility index (Phi) is 2.79. The minimum Gasteiger partial charge on any atom is -0.480 e. The van der Waals surface area contributed by atoms with Gasteiger partial charge in [0.2, 0.25) is 5.88 Å². The maximum absolute atomic E-state index is 10.6. The third-order valence-electron chi connectivity index (χ3n) is 2.88. The van der Waals surface area contributed by atoms with Gasteiger partial charge in [-0.15, -0.1) is 5.10 Å². The molecule has 0 radical (unpaired) electrons. The summed E-state index contributed by atoms with van der Waals surface area (Å²) in [6.45, 7) is 0. The molecule has 2 heterocycles. The standard InChI is InChI=1S/C13H10N4O3/c1-20-13-7-6-12-14-11(8-16(12)15-13)9-2-4-10(5-3-9)17(18)19/h2-8H,1H3.